The smallest absolute Gasteiger partial charge is 0.319 e. The Hall–Kier alpha value is -1.75. The second-order valence-corrected chi connectivity index (χ2v) is 5.76. The van der Waals surface area contributed by atoms with Crippen LogP contribution in [0.25, 0.3) is 0 Å². The highest BCUT2D eigenvalue weighted by Gasteiger charge is 2.21. The van der Waals surface area contributed by atoms with Crippen molar-refractivity contribution in [3.63, 3.8) is 0 Å². The summed E-state index contributed by atoms with van der Waals surface area (Å²) < 4.78 is 0. The fourth-order valence-corrected chi connectivity index (χ4v) is 2.58. The highest BCUT2D eigenvalue weighted by atomic mass is 35.5. The summed E-state index contributed by atoms with van der Waals surface area (Å²) in [5, 5.41) is 8.76. The Labute approximate surface area is 129 Å². The molecule has 3 N–H and O–H groups in total. The first-order valence-corrected chi connectivity index (χ1v) is 7.56. The molecule has 0 aromatic heterocycles. The number of halogens is 1. The van der Waals surface area contributed by atoms with E-state index < -0.39 is 12.1 Å². The van der Waals surface area contributed by atoms with E-state index in [4.69, 9.17) is 11.6 Å². The van der Waals surface area contributed by atoms with E-state index in [2.05, 4.69) is 16.0 Å². The van der Waals surface area contributed by atoms with Crippen LogP contribution in [0.2, 0.25) is 5.02 Å². The number of urea groups is 1. The average Bonchev–Trinajstić information content (AvgIpc) is 2.91. The number of anilines is 1. The monoisotopic (exact) mass is 309 g/mol. The summed E-state index contributed by atoms with van der Waals surface area (Å²) >= 11 is 5.84. The van der Waals surface area contributed by atoms with Gasteiger partial charge in [-0.1, -0.05) is 30.5 Å². The molecule has 1 aliphatic rings. The number of carbonyl (C=O) groups is 2. The first-order chi connectivity index (χ1) is 10.0. The first-order valence-electron chi connectivity index (χ1n) is 7.18. The predicted octanol–water partition coefficient (Wildman–Crippen LogP) is 2.91. The van der Waals surface area contributed by atoms with E-state index in [0.29, 0.717) is 10.7 Å². The fraction of sp³-hybridized carbons (Fsp3) is 0.467. The van der Waals surface area contributed by atoms with Crippen molar-refractivity contribution in [2.45, 2.75) is 44.7 Å². The number of nitrogens with one attached hydrogen (secondary N) is 3. The second-order valence-electron chi connectivity index (χ2n) is 5.32. The minimum Gasteiger partial charge on any atom is -0.352 e. The van der Waals surface area contributed by atoms with E-state index in [1.165, 1.54) is 0 Å². The summed E-state index contributed by atoms with van der Waals surface area (Å²) in [5.74, 6) is -0.150. The van der Waals surface area contributed by atoms with Crippen LogP contribution in [-0.2, 0) is 4.79 Å². The molecule has 114 valence electrons. The van der Waals surface area contributed by atoms with Crippen LogP contribution < -0.4 is 16.0 Å². The number of hydrogen-bond acceptors (Lipinski definition) is 2. The third-order valence-corrected chi connectivity index (χ3v) is 3.76. The Kier molecular flexibility index (Phi) is 5.44. The van der Waals surface area contributed by atoms with Gasteiger partial charge in [-0.3, -0.25) is 4.79 Å². The van der Waals surface area contributed by atoms with Crippen LogP contribution in [0, 0.1) is 0 Å². The van der Waals surface area contributed by atoms with Gasteiger partial charge in [-0.2, -0.15) is 0 Å². The van der Waals surface area contributed by atoms with Crippen molar-refractivity contribution in [2.75, 3.05) is 5.32 Å². The Morgan fingerprint density at radius 3 is 2.67 bits per heavy atom. The lowest BCUT2D eigenvalue weighted by Crippen LogP contribution is -2.48. The van der Waals surface area contributed by atoms with Crippen molar-refractivity contribution in [1.82, 2.24) is 10.6 Å². The van der Waals surface area contributed by atoms with Crippen LogP contribution in [-0.4, -0.2) is 24.0 Å². The standard InChI is InChI=1S/C15H20ClN3O2/c1-10(14(20)18-12-6-2-3-7-12)17-15(21)19-13-8-4-5-11(16)9-13/h4-5,8-10,12H,2-3,6-7H2,1H3,(H,18,20)(H2,17,19,21)/t10-/m1/s1. The van der Waals surface area contributed by atoms with Gasteiger partial charge in [0.25, 0.3) is 0 Å². The molecular formula is C15H20ClN3O2. The summed E-state index contributed by atoms with van der Waals surface area (Å²) in [6.07, 6.45) is 4.35. The molecule has 0 radical (unpaired) electrons. The summed E-state index contributed by atoms with van der Waals surface area (Å²) in [6, 6.07) is 6.09. The molecule has 1 atom stereocenters. The maximum atomic E-state index is 12.0. The van der Waals surface area contributed by atoms with Gasteiger partial charge in [0.1, 0.15) is 6.04 Å². The van der Waals surface area contributed by atoms with Crippen molar-refractivity contribution in [2.24, 2.45) is 0 Å². The van der Waals surface area contributed by atoms with Crippen molar-refractivity contribution < 1.29 is 9.59 Å². The number of amides is 3. The summed E-state index contributed by atoms with van der Waals surface area (Å²) in [7, 11) is 0. The Morgan fingerprint density at radius 1 is 1.29 bits per heavy atom. The van der Waals surface area contributed by atoms with E-state index in [1.54, 1.807) is 31.2 Å². The minimum atomic E-state index is -0.579. The molecule has 5 nitrogen and oxygen atoms in total. The van der Waals surface area contributed by atoms with Gasteiger partial charge < -0.3 is 16.0 Å². The van der Waals surface area contributed by atoms with E-state index in [9.17, 15) is 9.59 Å². The molecule has 0 unspecified atom stereocenters. The third-order valence-electron chi connectivity index (χ3n) is 3.52. The zero-order chi connectivity index (χ0) is 15.2. The van der Waals surface area contributed by atoms with Crippen LogP contribution in [0.15, 0.2) is 24.3 Å². The van der Waals surface area contributed by atoms with Crippen molar-refractivity contribution in [1.29, 1.82) is 0 Å². The molecule has 2 rings (SSSR count). The molecule has 0 bridgehead atoms. The van der Waals surface area contributed by atoms with Crippen LogP contribution in [0.1, 0.15) is 32.6 Å². The van der Waals surface area contributed by atoms with Gasteiger partial charge in [-0.15, -0.1) is 0 Å². The molecule has 1 fully saturated rings. The lowest BCUT2D eigenvalue weighted by atomic mass is 10.2. The SMILES string of the molecule is C[C@@H](NC(=O)Nc1cccc(Cl)c1)C(=O)NC1CCCC1. The highest BCUT2D eigenvalue weighted by Crippen LogP contribution is 2.17. The lowest BCUT2D eigenvalue weighted by Gasteiger charge is -2.18. The molecule has 0 saturated heterocycles. The molecule has 0 heterocycles. The number of rotatable bonds is 4. The molecule has 1 aromatic rings. The third kappa shape index (κ3) is 4.93. The minimum absolute atomic E-state index is 0.150. The maximum absolute atomic E-state index is 12.0. The van der Waals surface area contributed by atoms with E-state index in [0.717, 1.165) is 25.7 Å². The van der Waals surface area contributed by atoms with E-state index in [-0.39, 0.29) is 11.9 Å². The number of carbonyl (C=O) groups excluding carboxylic acids is 2. The Balaban J connectivity index is 1.79. The fourth-order valence-electron chi connectivity index (χ4n) is 2.39. The van der Waals surface area contributed by atoms with Crippen LogP contribution in [0.5, 0.6) is 0 Å². The van der Waals surface area contributed by atoms with Gasteiger partial charge >= 0.3 is 6.03 Å². The molecule has 0 aliphatic heterocycles. The molecule has 6 heteroatoms. The van der Waals surface area contributed by atoms with Crippen molar-refractivity contribution >= 4 is 29.2 Å². The van der Waals surface area contributed by atoms with E-state index in [1.807, 2.05) is 0 Å². The van der Waals surface area contributed by atoms with Gasteiger partial charge in [0.05, 0.1) is 0 Å². The normalized spacial score (nSPS) is 16.3. The molecule has 3 amide bonds. The van der Waals surface area contributed by atoms with Crippen molar-refractivity contribution in [3.8, 4) is 0 Å². The largest absolute Gasteiger partial charge is 0.352 e. The Morgan fingerprint density at radius 2 is 2.00 bits per heavy atom. The lowest BCUT2D eigenvalue weighted by molar-refractivity contribution is -0.123. The predicted molar refractivity (Wildman–Crippen MR) is 83.5 cm³/mol. The van der Waals surface area contributed by atoms with Crippen molar-refractivity contribution in [3.05, 3.63) is 29.3 Å². The Bertz CT molecular complexity index is 515. The maximum Gasteiger partial charge on any atom is 0.319 e. The molecular weight excluding hydrogens is 290 g/mol. The quantitative estimate of drug-likeness (QED) is 0.800. The molecule has 1 saturated carbocycles. The number of benzene rings is 1. The summed E-state index contributed by atoms with van der Waals surface area (Å²) in [4.78, 5) is 23.8. The highest BCUT2D eigenvalue weighted by molar-refractivity contribution is 6.30. The van der Waals surface area contributed by atoms with Gasteiger partial charge in [-0.05, 0) is 38.0 Å². The number of hydrogen-bond donors (Lipinski definition) is 3. The van der Waals surface area contributed by atoms with Gasteiger partial charge in [-0.25, -0.2) is 4.79 Å². The second kappa shape index (κ2) is 7.31. The average molecular weight is 310 g/mol. The summed E-state index contributed by atoms with van der Waals surface area (Å²) in [5.41, 5.74) is 0.586. The van der Waals surface area contributed by atoms with Gasteiger partial charge in [0, 0.05) is 16.8 Å². The summed E-state index contributed by atoms with van der Waals surface area (Å²) in [6.45, 7) is 1.67. The van der Waals surface area contributed by atoms with Gasteiger partial charge in [0.15, 0.2) is 0 Å². The van der Waals surface area contributed by atoms with E-state index >= 15 is 0 Å². The molecule has 0 spiro atoms. The van der Waals surface area contributed by atoms with Crippen LogP contribution in [0.3, 0.4) is 0 Å². The van der Waals surface area contributed by atoms with Gasteiger partial charge in [0.2, 0.25) is 5.91 Å². The van der Waals surface area contributed by atoms with Crippen LogP contribution >= 0.6 is 11.6 Å². The first kappa shape index (κ1) is 15.6. The zero-order valence-electron chi connectivity index (χ0n) is 12.0. The molecule has 1 aliphatic carbocycles. The topological polar surface area (TPSA) is 70.2 Å². The molecule has 21 heavy (non-hydrogen) atoms. The zero-order valence-corrected chi connectivity index (χ0v) is 12.7. The molecule has 1 aromatic carbocycles. The van der Waals surface area contributed by atoms with Crippen LogP contribution in [0.4, 0.5) is 10.5 Å².